The minimum Gasteiger partial charge on any atom is -0.497 e. The number of thiocarbonyl (C=S) groups is 1. The van der Waals surface area contributed by atoms with E-state index in [0.717, 1.165) is 69.8 Å². The fourth-order valence-electron chi connectivity index (χ4n) is 3.20. The van der Waals surface area contributed by atoms with Crippen LogP contribution in [0.5, 0.6) is 5.75 Å². The van der Waals surface area contributed by atoms with Gasteiger partial charge in [0.05, 0.1) is 20.3 Å². The van der Waals surface area contributed by atoms with E-state index in [1.54, 1.807) is 7.11 Å². The van der Waals surface area contributed by atoms with Crippen LogP contribution in [-0.4, -0.2) is 68.0 Å². The average molecular weight is 394 g/mol. The Kier molecular flexibility index (Phi) is 10.5. The number of hydrogen-bond donors (Lipinski definition) is 1. The van der Waals surface area contributed by atoms with Crippen LogP contribution in [0.1, 0.15) is 38.2 Å². The number of unbranched alkanes of at least 4 members (excludes halogenated alkanes) is 2. The Morgan fingerprint density at radius 3 is 2.59 bits per heavy atom. The molecule has 1 saturated heterocycles. The first-order chi connectivity index (χ1) is 13.2. The molecule has 0 atom stereocenters. The highest BCUT2D eigenvalue weighted by molar-refractivity contribution is 7.80. The summed E-state index contributed by atoms with van der Waals surface area (Å²) in [7, 11) is 1.70. The van der Waals surface area contributed by atoms with Gasteiger partial charge in [-0.2, -0.15) is 0 Å². The first-order valence-electron chi connectivity index (χ1n) is 10.2. The monoisotopic (exact) mass is 393 g/mol. The molecular weight excluding hydrogens is 358 g/mol. The predicted molar refractivity (Wildman–Crippen MR) is 115 cm³/mol. The van der Waals surface area contributed by atoms with Gasteiger partial charge in [0.15, 0.2) is 5.11 Å². The molecule has 1 fully saturated rings. The van der Waals surface area contributed by atoms with Crippen molar-refractivity contribution in [1.29, 1.82) is 0 Å². The number of rotatable bonds is 11. The molecule has 1 heterocycles. The zero-order valence-corrected chi connectivity index (χ0v) is 17.7. The van der Waals surface area contributed by atoms with E-state index in [2.05, 4.69) is 34.2 Å². The van der Waals surface area contributed by atoms with E-state index in [4.69, 9.17) is 21.7 Å². The van der Waals surface area contributed by atoms with Crippen molar-refractivity contribution >= 4 is 17.3 Å². The number of nitrogens with zero attached hydrogens (tertiary/aromatic N) is 2. The van der Waals surface area contributed by atoms with E-state index < -0.39 is 0 Å². The second kappa shape index (κ2) is 12.9. The zero-order valence-electron chi connectivity index (χ0n) is 16.9. The normalized spacial score (nSPS) is 14.7. The smallest absolute Gasteiger partial charge is 0.169 e. The minimum atomic E-state index is 0.826. The highest BCUT2D eigenvalue weighted by atomic mass is 32.1. The van der Waals surface area contributed by atoms with Crippen molar-refractivity contribution in [1.82, 2.24) is 15.1 Å². The van der Waals surface area contributed by atoms with Gasteiger partial charge in [-0.1, -0.05) is 31.9 Å². The van der Waals surface area contributed by atoms with Gasteiger partial charge in [-0.25, -0.2) is 0 Å². The molecule has 152 valence electrons. The van der Waals surface area contributed by atoms with E-state index in [1.165, 1.54) is 24.8 Å². The van der Waals surface area contributed by atoms with Gasteiger partial charge in [-0.05, 0) is 42.8 Å². The lowest BCUT2D eigenvalue weighted by Gasteiger charge is -2.29. The van der Waals surface area contributed by atoms with Crippen molar-refractivity contribution in [3.63, 3.8) is 0 Å². The van der Waals surface area contributed by atoms with Crippen LogP contribution in [0.3, 0.4) is 0 Å². The summed E-state index contributed by atoms with van der Waals surface area (Å²) in [4.78, 5) is 4.77. The van der Waals surface area contributed by atoms with Crippen molar-refractivity contribution in [3.8, 4) is 5.75 Å². The molecule has 1 aliphatic rings. The number of methoxy groups -OCH3 is 1. The highest BCUT2D eigenvalue weighted by Gasteiger charge is 2.13. The molecule has 6 heteroatoms. The fraction of sp³-hybridized carbons (Fsp3) is 0.667. The third kappa shape index (κ3) is 8.45. The van der Waals surface area contributed by atoms with Crippen molar-refractivity contribution in [2.75, 3.05) is 53.0 Å². The minimum absolute atomic E-state index is 0.826. The van der Waals surface area contributed by atoms with Gasteiger partial charge in [0.1, 0.15) is 5.75 Å². The van der Waals surface area contributed by atoms with Crippen LogP contribution in [0.15, 0.2) is 24.3 Å². The number of nitrogens with one attached hydrogen (secondary N) is 1. The standard InChI is InChI=1S/C21H35N3O2S/c1-3-4-5-11-22-21(27)24(13-6-12-23-14-16-26-17-15-23)18-19-7-9-20(25-2)10-8-19/h7-10H,3-6,11-18H2,1-2H3,(H,22,27). The van der Waals surface area contributed by atoms with E-state index >= 15 is 0 Å². The molecular formula is C21H35N3O2S. The molecule has 0 spiro atoms. The van der Waals surface area contributed by atoms with E-state index in [9.17, 15) is 0 Å². The van der Waals surface area contributed by atoms with E-state index in [0.29, 0.717) is 0 Å². The summed E-state index contributed by atoms with van der Waals surface area (Å²) in [6.07, 6.45) is 4.74. The van der Waals surface area contributed by atoms with Crippen LogP contribution < -0.4 is 10.1 Å². The Morgan fingerprint density at radius 1 is 1.19 bits per heavy atom. The predicted octanol–water partition coefficient (Wildman–Crippen LogP) is 3.28. The molecule has 27 heavy (non-hydrogen) atoms. The third-order valence-electron chi connectivity index (χ3n) is 4.88. The number of hydrogen-bond acceptors (Lipinski definition) is 4. The second-order valence-electron chi connectivity index (χ2n) is 7.02. The molecule has 0 aliphatic carbocycles. The summed E-state index contributed by atoms with van der Waals surface area (Å²) in [6.45, 7) is 9.85. The summed E-state index contributed by atoms with van der Waals surface area (Å²) in [6, 6.07) is 8.26. The Balaban J connectivity index is 1.86. The van der Waals surface area contributed by atoms with Gasteiger partial charge in [0.25, 0.3) is 0 Å². The lowest BCUT2D eigenvalue weighted by molar-refractivity contribution is 0.0367. The maximum Gasteiger partial charge on any atom is 0.169 e. The number of benzene rings is 1. The Bertz CT molecular complexity index is 533. The van der Waals surface area contributed by atoms with Crippen LogP contribution in [0.4, 0.5) is 0 Å². The summed E-state index contributed by atoms with van der Waals surface area (Å²) < 4.78 is 10.7. The van der Waals surface area contributed by atoms with Gasteiger partial charge in [0.2, 0.25) is 0 Å². The van der Waals surface area contributed by atoms with Crippen molar-refractivity contribution in [2.45, 2.75) is 39.2 Å². The Hall–Kier alpha value is -1.37. The van der Waals surface area contributed by atoms with E-state index in [1.807, 2.05) is 12.1 Å². The summed E-state index contributed by atoms with van der Waals surface area (Å²) in [5, 5.41) is 4.31. The fourth-order valence-corrected chi connectivity index (χ4v) is 3.45. The topological polar surface area (TPSA) is 37.0 Å². The second-order valence-corrected chi connectivity index (χ2v) is 7.40. The number of ether oxygens (including phenoxy) is 2. The quantitative estimate of drug-likeness (QED) is 0.459. The lowest BCUT2D eigenvalue weighted by Crippen LogP contribution is -2.42. The molecule has 0 bridgehead atoms. The van der Waals surface area contributed by atoms with Crippen molar-refractivity contribution in [3.05, 3.63) is 29.8 Å². The largest absolute Gasteiger partial charge is 0.497 e. The molecule has 1 aromatic rings. The SMILES string of the molecule is CCCCCNC(=S)N(CCCN1CCOCC1)Cc1ccc(OC)cc1. The molecule has 0 aromatic heterocycles. The lowest BCUT2D eigenvalue weighted by atomic mass is 10.2. The van der Waals surface area contributed by atoms with Gasteiger partial charge in [-0.3, -0.25) is 4.90 Å². The molecule has 1 aliphatic heterocycles. The summed E-state index contributed by atoms with van der Waals surface area (Å²) >= 11 is 5.70. The average Bonchev–Trinajstić information content (AvgIpc) is 2.71. The van der Waals surface area contributed by atoms with E-state index in [-0.39, 0.29) is 0 Å². The molecule has 0 saturated carbocycles. The van der Waals surface area contributed by atoms with Crippen LogP contribution in [0, 0.1) is 0 Å². The summed E-state index contributed by atoms with van der Waals surface area (Å²) in [5.41, 5.74) is 1.25. The maximum absolute atomic E-state index is 5.70. The molecule has 1 aromatic carbocycles. The Labute approximate surface area is 170 Å². The molecule has 1 N–H and O–H groups in total. The van der Waals surface area contributed by atoms with Crippen LogP contribution in [0.25, 0.3) is 0 Å². The zero-order chi connectivity index (χ0) is 19.3. The Morgan fingerprint density at radius 2 is 1.93 bits per heavy atom. The molecule has 5 nitrogen and oxygen atoms in total. The van der Waals surface area contributed by atoms with Crippen LogP contribution in [-0.2, 0) is 11.3 Å². The maximum atomic E-state index is 5.70. The molecule has 0 unspecified atom stereocenters. The molecule has 0 radical (unpaired) electrons. The molecule has 2 rings (SSSR count). The van der Waals surface area contributed by atoms with Crippen LogP contribution >= 0.6 is 12.2 Å². The van der Waals surface area contributed by atoms with Crippen molar-refractivity contribution < 1.29 is 9.47 Å². The third-order valence-corrected chi connectivity index (χ3v) is 5.28. The molecule has 0 amide bonds. The van der Waals surface area contributed by atoms with Gasteiger partial charge < -0.3 is 19.7 Å². The first kappa shape index (κ1) is 21.9. The van der Waals surface area contributed by atoms with Crippen LogP contribution in [0.2, 0.25) is 0 Å². The van der Waals surface area contributed by atoms with Gasteiger partial charge >= 0.3 is 0 Å². The van der Waals surface area contributed by atoms with Crippen molar-refractivity contribution in [2.24, 2.45) is 0 Å². The first-order valence-corrected chi connectivity index (χ1v) is 10.6. The highest BCUT2D eigenvalue weighted by Crippen LogP contribution is 2.14. The van der Waals surface area contributed by atoms with Gasteiger partial charge in [0, 0.05) is 39.3 Å². The van der Waals surface area contributed by atoms with Gasteiger partial charge in [-0.15, -0.1) is 0 Å². The number of morpholine rings is 1. The summed E-state index contributed by atoms with van der Waals surface area (Å²) in [5.74, 6) is 0.887.